The molecule has 22 heavy (non-hydrogen) atoms. The molecule has 1 heterocycles. The minimum atomic E-state index is -0.458. The average Bonchev–Trinajstić information content (AvgIpc) is 2.93. The molecular weight excluding hydrogens is 285 g/mol. The van der Waals surface area contributed by atoms with Crippen molar-refractivity contribution in [1.82, 2.24) is 9.78 Å². The van der Waals surface area contributed by atoms with Crippen LogP contribution >= 0.6 is 0 Å². The molecule has 1 aromatic carbocycles. The van der Waals surface area contributed by atoms with Gasteiger partial charge in [0.2, 0.25) is 0 Å². The lowest BCUT2D eigenvalue weighted by molar-refractivity contribution is 0.307. The van der Waals surface area contributed by atoms with E-state index >= 15 is 0 Å². The number of ether oxygens (including phenoxy) is 1. The summed E-state index contributed by atoms with van der Waals surface area (Å²) < 4.78 is 20.6. The van der Waals surface area contributed by atoms with Crippen molar-refractivity contribution in [2.75, 3.05) is 5.32 Å². The molecule has 0 fully saturated rings. The van der Waals surface area contributed by atoms with Gasteiger partial charge in [0.05, 0.1) is 11.9 Å². The fourth-order valence-corrected chi connectivity index (χ4v) is 1.69. The maximum absolute atomic E-state index is 13.3. The van der Waals surface area contributed by atoms with E-state index in [0.717, 1.165) is 5.56 Å². The van der Waals surface area contributed by atoms with E-state index in [-0.39, 0.29) is 12.2 Å². The zero-order valence-corrected chi connectivity index (χ0v) is 11.7. The number of halogens is 1. The molecule has 1 N–H and O–H groups in total. The third-order valence-corrected chi connectivity index (χ3v) is 2.71. The Bertz CT molecular complexity index is 766. The minimum Gasteiger partial charge on any atom is -0.487 e. The van der Waals surface area contributed by atoms with Crippen LogP contribution in [0.15, 0.2) is 42.4 Å². The number of aromatic nitrogens is 2. The number of hydrogen-bond donors (Lipinski definition) is 1. The number of nitriles is 2. The number of nitrogens with zero attached hydrogens (tertiary/aromatic N) is 4. The van der Waals surface area contributed by atoms with E-state index in [0.29, 0.717) is 11.4 Å². The number of benzene rings is 1. The molecule has 0 aliphatic carbocycles. The van der Waals surface area contributed by atoms with Crippen LogP contribution in [0, 0.1) is 28.5 Å². The molecule has 6 nitrogen and oxygen atoms in total. The van der Waals surface area contributed by atoms with Gasteiger partial charge in [0, 0.05) is 31.1 Å². The first-order valence-electron chi connectivity index (χ1n) is 6.29. The number of allylic oxidation sites excluding steroid dienone is 1. The monoisotopic (exact) mass is 297 g/mol. The summed E-state index contributed by atoms with van der Waals surface area (Å²) in [5, 5.41) is 24.1. The third-order valence-electron chi connectivity index (χ3n) is 2.71. The summed E-state index contributed by atoms with van der Waals surface area (Å²) in [4.78, 5) is 0. The highest BCUT2D eigenvalue weighted by atomic mass is 19.1. The van der Waals surface area contributed by atoms with Crippen LogP contribution < -0.4 is 10.1 Å². The molecule has 110 valence electrons. The fourth-order valence-electron chi connectivity index (χ4n) is 1.69. The van der Waals surface area contributed by atoms with Gasteiger partial charge in [-0.3, -0.25) is 4.68 Å². The molecule has 0 unspecified atom stereocenters. The van der Waals surface area contributed by atoms with Gasteiger partial charge in [-0.25, -0.2) is 4.39 Å². The van der Waals surface area contributed by atoms with E-state index in [2.05, 4.69) is 10.4 Å². The Morgan fingerprint density at radius 2 is 2.23 bits per heavy atom. The first-order chi connectivity index (χ1) is 10.6. The van der Waals surface area contributed by atoms with Crippen molar-refractivity contribution in [3.63, 3.8) is 0 Å². The zero-order chi connectivity index (χ0) is 15.9. The number of aryl methyl sites for hydroxylation is 1. The molecule has 7 heteroatoms. The van der Waals surface area contributed by atoms with Crippen LogP contribution in [0.5, 0.6) is 5.75 Å². The molecule has 2 aromatic rings. The van der Waals surface area contributed by atoms with Crippen LogP contribution in [0.1, 0.15) is 5.56 Å². The molecule has 0 saturated heterocycles. The average molecular weight is 297 g/mol. The van der Waals surface area contributed by atoms with E-state index in [1.54, 1.807) is 36.3 Å². The first kappa shape index (κ1) is 15.1. The molecule has 1 aromatic heterocycles. The van der Waals surface area contributed by atoms with Gasteiger partial charge in [-0.1, -0.05) is 0 Å². The molecule has 0 bridgehead atoms. The smallest absolute Gasteiger partial charge is 0.145 e. The predicted octanol–water partition coefficient (Wildman–Crippen LogP) is 2.48. The number of rotatable bonds is 5. The molecule has 0 spiro atoms. The second-order valence-corrected chi connectivity index (χ2v) is 4.38. The maximum atomic E-state index is 13.3. The molecule has 0 aliphatic heterocycles. The zero-order valence-electron chi connectivity index (χ0n) is 11.7. The summed E-state index contributed by atoms with van der Waals surface area (Å²) in [5.74, 6) is -0.0585. The Labute approximate surface area is 126 Å². The van der Waals surface area contributed by atoms with Gasteiger partial charge in [0.1, 0.15) is 35.9 Å². The molecule has 0 radical (unpaired) electrons. The Hall–Kier alpha value is -3.32. The minimum absolute atomic E-state index is 0.123. The predicted molar refractivity (Wildman–Crippen MR) is 76.9 cm³/mol. The summed E-state index contributed by atoms with van der Waals surface area (Å²) in [6, 6.07) is 7.38. The standard InChI is InChI=1S/C15H12FN5O/c1-21-9-12(8-20-21)10-22-15-3-2-13(16)4-14(15)19-7-11(5-17)6-18/h2-4,7-9,19H,10H2,1H3. The lowest BCUT2D eigenvalue weighted by Gasteiger charge is -2.10. The lowest BCUT2D eigenvalue weighted by atomic mass is 10.2. The fraction of sp³-hybridized carbons (Fsp3) is 0.133. The highest BCUT2D eigenvalue weighted by Crippen LogP contribution is 2.26. The van der Waals surface area contributed by atoms with Crippen LogP contribution in [0.2, 0.25) is 0 Å². The maximum Gasteiger partial charge on any atom is 0.145 e. The van der Waals surface area contributed by atoms with Crippen LogP contribution in [-0.4, -0.2) is 9.78 Å². The summed E-state index contributed by atoms with van der Waals surface area (Å²) in [5.41, 5.74) is 1.07. The Kier molecular flexibility index (Phi) is 4.74. The van der Waals surface area contributed by atoms with Crippen molar-refractivity contribution in [1.29, 1.82) is 10.5 Å². The molecule has 0 saturated carbocycles. The van der Waals surface area contributed by atoms with E-state index < -0.39 is 5.82 Å². The molecule has 0 aliphatic rings. The summed E-state index contributed by atoms with van der Waals surface area (Å²) in [7, 11) is 1.80. The molecule has 0 atom stereocenters. The molecular formula is C15H12FN5O. The van der Waals surface area contributed by atoms with Gasteiger partial charge >= 0.3 is 0 Å². The number of anilines is 1. The Morgan fingerprint density at radius 1 is 1.45 bits per heavy atom. The SMILES string of the molecule is Cn1cc(COc2ccc(F)cc2NC=C(C#N)C#N)cn1. The van der Waals surface area contributed by atoms with Gasteiger partial charge < -0.3 is 10.1 Å². The summed E-state index contributed by atoms with van der Waals surface area (Å²) in [6.45, 7) is 0.265. The van der Waals surface area contributed by atoms with Crippen LogP contribution in [0.25, 0.3) is 0 Å². The van der Waals surface area contributed by atoms with Crippen molar-refractivity contribution in [2.45, 2.75) is 6.61 Å². The first-order valence-corrected chi connectivity index (χ1v) is 6.29. The number of hydrogen-bond acceptors (Lipinski definition) is 5. The van der Waals surface area contributed by atoms with Gasteiger partial charge in [0.15, 0.2) is 0 Å². The largest absolute Gasteiger partial charge is 0.487 e. The van der Waals surface area contributed by atoms with Crippen LogP contribution in [0.4, 0.5) is 10.1 Å². The Balaban J connectivity index is 2.15. The van der Waals surface area contributed by atoms with Gasteiger partial charge in [0.25, 0.3) is 0 Å². The lowest BCUT2D eigenvalue weighted by Crippen LogP contribution is -1.99. The second kappa shape index (κ2) is 6.91. The highest BCUT2D eigenvalue weighted by molar-refractivity contribution is 5.59. The normalized spacial score (nSPS) is 9.45. The van der Waals surface area contributed by atoms with Crippen molar-refractivity contribution >= 4 is 5.69 Å². The quantitative estimate of drug-likeness (QED) is 0.857. The summed E-state index contributed by atoms with van der Waals surface area (Å²) in [6.07, 6.45) is 4.67. The van der Waals surface area contributed by atoms with Crippen molar-refractivity contribution < 1.29 is 9.13 Å². The third kappa shape index (κ3) is 3.84. The topological polar surface area (TPSA) is 86.7 Å². The summed E-state index contributed by atoms with van der Waals surface area (Å²) >= 11 is 0. The van der Waals surface area contributed by atoms with Gasteiger partial charge in [-0.15, -0.1) is 0 Å². The van der Waals surface area contributed by atoms with E-state index in [1.807, 2.05) is 0 Å². The van der Waals surface area contributed by atoms with Crippen LogP contribution in [0.3, 0.4) is 0 Å². The highest BCUT2D eigenvalue weighted by Gasteiger charge is 2.06. The number of nitrogens with one attached hydrogen (secondary N) is 1. The van der Waals surface area contributed by atoms with Crippen LogP contribution in [-0.2, 0) is 13.7 Å². The van der Waals surface area contributed by atoms with Crippen molar-refractivity contribution in [3.8, 4) is 17.9 Å². The van der Waals surface area contributed by atoms with E-state index in [4.69, 9.17) is 15.3 Å². The molecule has 2 rings (SSSR count). The Morgan fingerprint density at radius 3 is 2.86 bits per heavy atom. The van der Waals surface area contributed by atoms with Crippen molar-refractivity contribution in [2.24, 2.45) is 7.05 Å². The van der Waals surface area contributed by atoms with E-state index in [9.17, 15) is 4.39 Å². The van der Waals surface area contributed by atoms with Crippen molar-refractivity contribution in [3.05, 3.63) is 53.7 Å². The van der Waals surface area contributed by atoms with E-state index in [1.165, 1.54) is 24.4 Å². The van der Waals surface area contributed by atoms with Gasteiger partial charge in [-0.2, -0.15) is 15.6 Å². The van der Waals surface area contributed by atoms with Gasteiger partial charge in [-0.05, 0) is 12.1 Å². The second-order valence-electron chi connectivity index (χ2n) is 4.38. The molecule has 0 amide bonds.